The van der Waals surface area contributed by atoms with Crippen LogP contribution < -0.4 is 4.74 Å². The van der Waals surface area contributed by atoms with Crippen molar-refractivity contribution in [3.63, 3.8) is 0 Å². The maximum atomic E-state index is 13.0. The van der Waals surface area contributed by atoms with Crippen LogP contribution in [0.3, 0.4) is 0 Å². The van der Waals surface area contributed by atoms with Crippen LogP contribution in [-0.2, 0) is 6.54 Å². The van der Waals surface area contributed by atoms with E-state index in [1.54, 1.807) is 7.11 Å². The maximum Gasteiger partial charge on any atom is 0.274 e. The molecule has 2 aromatic rings. The highest BCUT2D eigenvalue weighted by Gasteiger charge is 2.30. The zero-order valence-electron chi connectivity index (χ0n) is 14.7. The molecule has 1 atom stereocenters. The van der Waals surface area contributed by atoms with Gasteiger partial charge in [0.25, 0.3) is 5.91 Å². The molecule has 0 aliphatic carbocycles. The fraction of sp³-hybridized carbons (Fsp3) is 0.474. The van der Waals surface area contributed by atoms with Crippen LogP contribution in [-0.4, -0.2) is 34.2 Å². The Morgan fingerprint density at radius 1 is 1.33 bits per heavy atom. The highest BCUT2D eigenvalue weighted by atomic mass is 16.5. The zero-order valence-corrected chi connectivity index (χ0v) is 14.7. The molecule has 24 heavy (non-hydrogen) atoms. The predicted octanol–water partition coefficient (Wildman–Crippen LogP) is 3.59. The fourth-order valence-corrected chi connectivity index (χ4v) is 3.45. The lowest BCUT2D eigenvalue weighted by Gasteiger charge is -2.35. The van der Waals surface area contributed by atoms with Crippen LogP contribution in [0.15, 0.2) is 30.3 Å². The van der Waals surface area contributed by atoms with E-state index in [0.717, 1.165) is 49.4 Å². The molecule has 1 aromatic heterocycles. The smallest absolute Gasteiger partial charge is 0.274 e. The molecule has 1 aliphatic rings. The lowest BCUT2D eigenvalue weighted by Crippen LogP contribution is -2.38. The van der Waals surface area contributed by atoms with Gasteiger partial charge >= 0.3 is 0 Å². The van der Waals surface area contributed by atoms with Gasteiger partial charge in [-0.3, -0.25) is 9.48 Å². The number of benzene rings is 1. The van der Waals surface area contributed by atoms with E-state index in [-0.39, 0.29) is 11.9 Å². The topological polar surface area (TPSA) is 47.4 Å². The standard InChI is InChI=1S/C19H25N3O2/c1-4-22-14(2)12-17(20-22)19(23)21-11-6-5-10-18(21)15-8-7-9-16(13-15)24-3/h7-9,12-13,18H,4-6,10-11H2,1-3H3. The average Bonchev–Trinajstić information content (AvgIpc) is 3.02. The van der Waals surface area contributed by atoms with E-state index < -0.39 is 0 Å². The van der Waals surface area contributed by atoms with Crippen molar-refractivity contribution in [1.29, 1.82) is 0 Å². The molecular formula is C19H25N3O2. The molecule has 2 heterocycles. The van der Waals surface area contributed by atoms with Crippen molar-refractivity contribution in [2.24, 2.45) is 0 Å². The minimum atomic E-state index is 0.0258. The Morgan fingerprint density at radius 2 is 2.17 bits per heavy atom. The number of hydrogen-bond donors (Lipinski definition) is 0. The van der Waals surface area contributed by atoms with Gasteiger partial charge in [0.2, 0.25) is 0 Å². The minimum Gasteiger partial charge on any atom is -0.497 e. The van der Waals surface area contributed by atoms with Gasteiger partial charge < -0.3 is 9.64 Å². The van der Waals surface area contributed by atoms with Crippen molar-refractivity contribution >= 4 is 5.91 Å². The molecule has 1 aliphatic heterocycles. The summed E-state index contributed by atoms with van der Waals surface area (Å²) in [7, 11) is 1.67. The summed E-state index contributed by atoms with van der Waals surface area (Å²) in [4.78, 5) is 15.0. The molecule has 1 amide bonds. The molecule has 1 aromatic carbocycles. The van der Waals surface area contributed by atoms with Crippen molar-refractivity contribution in [3.8, 4) is 5.75 Å². The maximum absolute atomic E-state index is 13.0. The van der Waals surface area contributed by atoms with Gasteiger partial charge in [0.1, 0.15) is 5.75 Å². The van der Waals surface area contributed by atoms with Crippen LogP contribution in [0.25, 0.3) is 0 Å². The molecule has 0 N–H and O–H groups in total. The molecule has 0 radical (unpaired) electrons. The van der Waals surface area contributed by atoms with Gasteiger partial charge in [-0.1, -0.05) is 12.1 Å². The van der Waals surface area contributed by atoms with E-state index in [0.29, 0.717) is 5.69 Å². The number of aryl methyl sites for hydroxylation is 2. The van der Waals surface area contributed by atoms with Crippen LogP contribution in [0.2, 0.25) is 0 Å². The Morgan fingerprint density at radius 3 is 2.88 bits per heavy atom. The molecule has 0 bridgehead atoms. The lowest BCUT2D eigenvalue weighted by atomic mass is 9.94. The number of aromatic nitrogens is 2. The number of piperidine rings is 1. The van der Waals surface area contributed by atoms with Crippen molar-refractivity contribution in [2.75, 3.05) is 13.7 Å². The summed E-state index contributed by atoms with van der Waals surface area (Å²) in [5, 5.41) is 4.47. The van der Waals surface area contributed by atoms with E-state index in [4.69, 9.17) is 4.74 Å². The molecule has 5 nitrogen and oxygen atoms in total. The molecule has 0 saturated carbocycles. The van der Waals surface area contributed by atoms with Crippen LogP contribution in [0, 0.1) is 6.92 Å². The second-order valence-electron chi connectivity index (χ2n) is 6.27. The first-order valence-corrected chi connectivity index (χ1v) is 8.63. The van der Waals surface area contributed by atoms with Crippen LogP contribution in [0.1, 0.15) is 54.0 Å². The summed E-state index contributed by atoms with van der Waals surface area (Å²) in [5.41, 5.74) is 2.70. The number of amides is 1. The normalized spacial score (nSPS) is 17.8. The molecule has 1 saturated heterocycles. The monoisotopic (exact) mass is 327 g/mol. The Labute approximate surface area is 143 Å². The number of methoxy groups -OCH3 is 1. The molecule has 0 spiro atoms. The second-order valence-corrected chi connectivity index (χ2v) is 6.27. The number of ether oxygens (including phenoxy) is 1. The van der Waals surface area contributed by atoms with Crippen molar-refractivity contribution in [1.82, 2.24) is 14.7 Å². The van der Waals surface area contributed by atoms with Gasteiger partial charge in [0.15, 0.2) is 5.69 Å². The molecule has 1 unspecified atom stereocenters. The van der Waals surface area contributed by atoms with Crippen LogP contribution >= 0.6 is 0 Å². The summed E-state index contributed by atoms with van der Waals surface area (Å²) in [6.45, 7) is 5.58. The van der Waals surface area contributed by atoms with Gasteiger partial charge in [-0.15, -0.1) is 0 Å². The predicted molar refractivity (Wildman–Crippen MR) is 93.3 cm³/mol. The van der Waals surface area contributed by atoms with E-state index in [2.05, 4.69) is 11.2 Å². The van der Waals surface area contributed by atoms with E-state index in [1.807, 2.05) is 47.7 Å². The number of carbonyl (C=O) groups excluding carboxylic acids is 1. The third kappa shape index (κ3) is 3.16. The first-order chi connectivity index (χ1) is 11.6. The summed E-state index contributed by atoms with van der Waals surface area (Å²) >= 11 is 0. The lowest BCUT2D eigenvalue weighted by molar-refractivity contribution is 0.0604. The van der Waals surface area contributed by atoms with Crippen LogP contribution in [0.5, 0.6) is 5.75 Å². The van der Waals surface area contributed by atoms with Gasteiger partial charge in [-0.2, -0.15) is 5.10 Å². The molecule has 128 valence electrons. The Balaban J connectivity index is 1.89. The summed E-state index contributed by atoms with van der Waals surface area (Å²) in [5.74, 6) is 0.856. The number of likely N-dealkylation sites (tertiary alicyclic amines) is 1. The van der Waals surface area contributed by atoms with Crippen molar-refractivity contribution < 1.29 is 9.53 Å². The minimum absolute atomic E-state index is 0.0258. The first kappa shape index (κ1) is 16.6. The van der Waals surface area contributed by atoms with Crippen molar-refractivity contribution in [2.45, 2.75) is 45.7 Å². The van der Waals surface area contributed by atoms with Gasteiger partial charge in [-0.25, -0.2) is 0 Å². The van der Waals surface area contributed by atoms with Gasteiger partial charge in [-0.05, 0) is 56.9 Å². The van der Waals surface area contributed by atoms with E-state index in [9.17, 15) is 4.79 Å². The molecule has 5 heteroatoms. The number of carbonyl (C=O) groups is 1. The third-order valence-corrected chi connectivity index (χ3v) is 4.74. The summed E-state index contributed by atoms with van der Waals surface area (Å²) < 4.78 is 7.21. The third-order valence-electron chi connectivity index (χ3n) is 4.74. The summed E-state index contributed by atoms with van der Waals surface area (Å²) in [6, 6.07) is 10.0. The van der Waals surface area contributed by atoms with Gasteiger partial charge in [0.05, 0.1) is 13.2 Å². The number of hydrogen-bond acceptors (Lipinski definition) is 3. The quantitative estimate of drug-likeness (QED) is 0.862. The zero-order chi connectivity index (χ0) is 17.1. The molecule has 1 fully saturated rings. The number of nitrogens with zero attached hydrogens (tertiary/aromatic N) is 3. The highest BCUT2D eigenvalue weighted by molar-refractivity contribution is 5.92. The summed E-state index contributed by atoms with van der Waals surface area (Å²) in [6.07, 6.45) is 3.15. The Hall–Kier alpha value is -2.30. The Kier molecular flexibility index (Phi) is 4.88. The average molecular weight is 327 g/mol. The fourth-order valence-electron chi connectivity index (χ4n) is 3.45. The molecular weight excluding hydrogens is 302 g/mol. The van der Waals surface area contributed by atoms with Crippen molar-refractivity contribution in [3.05, 3.63) is 47.3 Å². The largest absolute Gasteiger partial charge is 0.497 e. The SMILES string of the molecule is CCn1nc(C(=O)N2CCCCC2c2cccc(OC)c2)cc1C. The van der Waals surface area contributed by atoms with Crippen LogP contribution in [0.4, 0.5) is 0 Å². The number of rotatable bonds is 4. The first-order valence-electron chi connectivity index (χ1n) is 8.63. The molecule has 3 rings (SSSR count). The van der Waals surface area contributed by atoms with E-state index in [1.165, 1.54) is 0 Å². The van der Waals surface area contributed by atoms with Gasteiger partial charge in [0, 0.05) is 18.8 Å². The second kappa shape index (κ2) is 7.07. The highest BCUT2D eigenvalue weighted by Crippen LogP contribution is 2.33. The van der Waals surface area contributed by atoms with E-state index >= 15 is 0 Å². The Bertz CT molecular complexity index is 723.